The van der Waals surface area contributed by atoms with Gasteiger partial charge in [0.25, 0.3) is 12.0 Å². The number of piperidine rings is 1. The Morgan fingerprint density at radius 3 is 2.75 bits per heavy atom. The van der Waals surface area contributed by atoms with Crippen molar-refractivity contribution in [2.75, 3.05) is 45.9 Å². The molecule has 3 aliphatic rings. The number of amides is 1. The molecule has 9 heteroatoms. The smallest absolute Gasteiger partial charge is 0.290 e. The Balaban J connectivity index is 0.000000706. The number of carbonyl (C=O) groups is 2. The summed E-state index contributed by atoms with van der Waals surface area (Å²) in [4.78, 5) is 44.9. The number of nitrogens with one attached hydrogen (secondary N) is 1. The van der Waals surface area contributed by atoms with Crippen LogP contribution < -0.4 is 5.56 Å². The Morgan fingerprint density at radius 2 is 2.04 bits per heavy atom. The standard InChI is InChI=1S/C18H26N4O3.CH2O2/c1-13-19-16-14(17(24)20-13)3-5-18(16)4-2-6-21(12-18)11-15(23)22-7-9-25-10-8-22;2-1-3/h2-12H2,1H3,(H,19,20,24);1H,(H,2,3). The Hall–Kier alpha value is -2.26. The third-order valence-electron chi connectivity index (χ3n) is 5.87. The number of ether oxygens (including phenoxy) is 1. The maximum Gasteiger partial charge on any atom is 0.290 e. The number of hydrogen-bond acceptors (Lipinski definition) is 6. The maximum atomic E-state index is 12.6. The molecule has 1 aliphatic carbocycles. The van der Waals surface area contributed by atoms with Gasteiger partial charge in [0.1, 0.15) is 5.82 Å². The number of morpholine rings is 1. The highest BCUT2D eigenvalue weighted by molar-refractivity contribution is 5.78. The number of H-pyrrole nitrogens is 1. The first-order valence-corrected chi connectivity index (χ1v) is 9.75. The van der Waals surface area contributed by atoms with Gasteiger partial charge in [-0.3, -0.25) is 19.3 Å². The summed E-state index contributed by atoms with van der Waals surface area (Å²) in [5.74, 6) is 0.875. The fourth-order valence-corrected chi connectivity index (χ4v) is 4.63. The summed E-state index contributed by atoms with van der Waals surface area (Å²) in [6.07, 6.45) is 3.86. The Bertz CT molecular complexity index is 774. The summed E-state index contributed by atoms with van der Waals surface area (Å²) in [6.45, 7) is 6.47. The van der Waals surface area contributed by atoms with Crippen LogP contribution in [0.2, 0.25) is 0 Å². The van der Waals surface area contributed by atoms with Gasteiger partial charge in [-0.25, -0.2) is 4.98 Å². The van der Waals surface area contributed by atoms with Gasteiger partial charge in [-0.05, 0) is 39.2 Å². The van der Waals surface area contributed by atoms with Gasteiger partial charge in [0.2, 0.25) is 5.91 Å². The molecule has 0 aromatic carbocycles. The molecule has 28 heavy (non-hydrogen) atoms. The summed E-state index contributed by atoms with van der Waals surface area (Å²) >= 11 is 0. The summed E-state index contributed by atoms with van der Waals surface area (Å²) < 4.78 is 5.33. The molecule has 0 saturated carbocycles. The van der Waals surface area contributed by atoms with Crippen LogP contribution in [-0.4, -0.2) is 83.2 Å². The fraction of sp³-hybridized carbons (Fsp3) is 0.684. The van der Waals surface area contributed by atoms with Gasteiger partial charge in [0.15, 0.2) is 0 Å². The van der Waals surface area contributed by atoms with E-state index in [1.54, 1.807) is 0 Å². The van der Waals surface area contributed by atoms with E-state index < -0.39 is 0 Å². The lowest BCUT2D eigenvalue weighted by Gasteiger charge is -2.41. The number of rotatable bonds is 2. The number of carboxylic acid groups (broad SMARTS) is 1. The van der Waals surface area contributed by atoms with Gasteiger partial charge in [0, 0.05) is 30.6 Å². The SMILES string of the molecule is Cc1nc2c(c(=O)[nH]1)CCC21CCCN(CC(=O)N2CCOCC2)C1.O=CO. The highest BCUT2D eigenvalue weighted by Crippen LogP contribution is 2.42. The van der Waals surface area contributed by atoms with Crippen molar-refractivity contribution in [1.29, 1.82) is 0 Å². The molecule has 1 unspecified atom stereocenters. The van der Waals surface area contributed by atoms with Gasteiger partial charge in [-0.15, -0.1) is 0 Å². The van der Waals surface area contributed by atoms with Crippen LogP contribution in [0.1, 0.15) is 36.3 Å². The molecule has 2 N–H and O–H groups in total. The fourth-order valence-electron chi connectivity index (χ4n) is 4.63. The van der Waals surface area contributed by atoms with Crippen LogP contribution in [0.4, 0.5) is 0 Å². The molecular weight excluding hydrogens is 364 g/mol. The predicted molar refractivity (Wildman–Crippen MR) is 101 cm³/mol. The zero-order valence-corrected chi connectivity index (χ0v) is 16.3. The monoisotopic (exact) mass is 392 g/mol. The summed E-state index contributed by atoms with van der Waals surface area (Å²) in [6, 6.07) is 0. The number of hydrogen-bond donors (Lipinski definition) is 2. The van der Waals surface area contributed by atoms with Crippen LogP contribution in [0, 0.1) is 6.92 Å². The second-order valence-corrected chi connectivity index (χ2v) is 7.67. The molecular formula is C19H28N4O5. The molecule has 2 aliphatic heterocycles. The lowest BCUT2D eigenvalue weighted by molar-refractivity contribution is -0.137. The van der Waals surface area contributed by atoms with Gasteiger partial charge >= 0.3 is 0 Å². The molecule has 0 radical (unpaired) electrons. The van der Waals surface area contributed by atoms with Crippen LogP contribution in [0.15, 0.2) is 4.79 Å². The van der Waals surface area contributed by atoms with E-state index in [9.17, 15) is 9.59 Å². The zero-order chi connectivity index (χ0) is 20.1. The second-order valence-electron chi connectivity index (χ2n) is 7.67. The molecule has 9 nitrogen and oxygen atoms in total. The van der Waals surface area contributed by atoms with Crippen LogP contribution in [0.3, 0.4) is 0 Å². The van der Waals surface area contributed by atoms with E-state index in [4.69, 9.17) is 19.6 Å². The normalized spacial score (nSPS) is 24.4. The Morgan fingerprint density at radius 1 is 1.32 bits per heavy atom. The van der Waals surface area contributed by atoms with Crippen LogP contribution in [0.5, 0.6) is 0 Å². The number of aryl methyl sites for hydroxylation is 1. The quantitative estimate of drug-likeness (QED) is 0.676. The minimum Gasteiger partial charge on any atom is -0.483 e. The minimum atomic E-state index is -0.250. The van der Waals surface area contributed by atoms with Crippen molar-refractivity contribution in [2.24, 2.45) is 0 Å². The van der Waals surface area contributed by atoms with E-state index in [0.29, 0.717) is 38.7 Å². The van der Waals surface area contributed by atoms with E-state index in [1.807, 2.05) is 11.8 Å². The molecule has 154 valence electrons. The highest BCUT2D eigenvalue weighted by Gasteiger charge is 2.44. The van der Waals surface area contributed by atoms with E-state index in [1.165, 1.54) is 0 Å². The molecule has 1 aromatic rings. The summed E-state index contributed by atoms with van der Waals surface area (Å²) in [7, 11) is 0. The van der Waals surface area contributed by atoms with Crippen molar-refractivity contribution < 1.29 is 19.4 Å². The minimum absolute atomic E-state index is 0.0147. The van der Waals surface area contributed by atoms with Gasteiger partial charge in [0.05, 0.1) is 25.5 Å². The third-order valence-corrected chi connectivity index (χ3v) is 5.87. The third kappa shape index (κ3) is 4.25. The van der Waals surface area contributed by atoms with E-state index >= 15 is 0 Å². The molecule has 3 heterocycles. The van der Waals surface area contributed by atoms with Gasteiger partial charge in [-0.1, -0.05) is 0 Å². The van der Waals surface area contributed by atoms with Crippen molar-refractivity contribution in [3.05, 3.63) is 27.4 Å². The van der Waals surface area contributed by atoms with E-state index in [2.05, 4.69) is 9.88 Å². The predicted octanol–water partition coefficient (Wildman–Crippen LogP) is -0.0823. The molecule has 1 amide bonds. The van der Waals surface area contributed by atoms with Crippen molar-refractivity contribution in [1.82, 2.24) is 19.8 Å². The molecule has 0 bridgehead atoms. The van der Waals surface area contributed by atoms with Crippen molar-refractivity contribution in [3.8, 4) is 0 Å². The molecule has 1 spiro atoms. The number of carbonyl (C=O) groups excluding carboxylic acids is 1. The van der Waals surface area contributed by atoms with E-state index in [0.717, 1.165) is 50.0 Å². The lowest BCUT2D eigenvalue weighted by atomic mass is 9.77. The first kappa shape index (κ1) is 20.5. The number of aromatic nitrogens is 2. The largest absolute Gasteiger partial charge is 0.483 e. The molecule has 2 fully saturated rings. The van der Waals surface area contributed by atoms with Crippen LogP contribution in [0.25, 0.3) is 0 Å². The molecule has 1 aromatic heterocycles. The first-order chi connectivity index (χ1) is 13.5. The Kier molecular flexibility index (Phi) is 6.46. The average Bonchev–Trinajstić information content (AvgIpc) is 3.01. The van der Waals surface area contributed by atoms with Crippen LogP contribution >= 0.6 is 0 Å². The molecule has 4 rings (SSSR count). The number of aromatic amines is 1. The average molecular weight is 392 g/mol. The van der Waals surface area contributed by atoms with Crippen LogP contribution in [-0.2, 0) is 26.2 Å². The van der Waals surface area contributed by atoms with Gasteiger partial charge in [-0.2, -0.15) is 0 Å². The lowest BCUT2D eigenvalue weighted by Crippen LogP contribution is -2.51. The summed E-state index contributed by atoms with van der Waals surface area (Å²) in [5, 5.41) is 6.89. The first-order valence-electron chi connectivity index (χ1n) is 9.75. The van der Waals surface area contributed by atoms with Crippen molar-refractivity contribution in [2.45, 2.75) is 38.0 Å². The zero-order valence-electron chi connectivity index (χ0n) is 16.3. The Labute approximate surface area is 163 Å². The van der Waals surface area contributed by atoms with Crippen molar-refractivity contribution in [3.63, 3.8) is 0 Å². The van der Waals surface area contributed by atoms with Crippen molar-refractivity contribution >= 4 is 12.4 Å². The van der Waals surface area contributed by atoms with E-state index in [-0.39, 0.29) is 23.4 Å². The molecule has 2 saturated heterocycles. The number of nitrogens with zero attached hydrogens (tertiary/aromatic N) is 3. The second kappa shape index (κ2) is 8.83. The molecule has 1 atom stereocenters. The number of likely N-dealkylation sites (tertiary alicyclic amines) is 1. The van der Waals surface area contributed by atoms with Gasteiger partial charge < -0.3 is 19.7 Å². The maximum absolute atomic E-state index is 12.6. The summed E-state index contributed by atoms with van der Waals surface area (Å²) in [5.41, 5.74) is 1.79. The highest BCUT2D eigenvalue weighted by atomic mass is 16.5. The number of fused-ring (bicyclic) bond motifs is 2. The topological polar surface area (TPSA) is 116 Å².